The van der Waals surface area contributed by atoms with E-state index in [2.05, 4.69) is 0 Å². The zero-order valence-corrected chi connectivity index (χ0v) is 13.1. The fourth-order valence-electron chi connectivity index (χ4n) is 1.90. The van der Waals surface area contributed by atoms with E-state index in [-0.39, 0.29) is 5.41 Å². The second-order valence-corrected chi connectivity index (χ2v) is 7.56. The molecule has 5 nitrogen and oxygen atoms in total. The number of benzene rings is 1. The second kappa shape index (κ2) is 5.69. The minimum Gasteiger partial charge on any atom is -0.341 e. The van der Waals surface area contributed by atoms with Crippen molar-refractivity contribution in [1.82, 2.24) is 4.90 Å². The minimum absolute atomic E-state index is 0.232. The van der Waals surface area contributed by atoms with E-state index in [1.54, 1.807) is 0 Å². The number of carbonyl (C=O) groups is 1. The Morgan fingerprint density at radius 3 is 2.19 bits per heavy atom. The third kappa shape index (κ3) is 4.47. The molecule has 0 bridgehead atoms. The smallest absolute Gasteiger partial charge is 0.256 e. The van der Waals surface area contributed by atoms with Gasteiger partial charge in [0.1, 0.15) is 16.5 Å². The van der Waals surface area contributed by atoms with Crippen LogP contribution in [-0.4, -0.2) is 32.8 Å². The lowest BCUT2D eigenvalue weighted by atomic mass is 9.96. The zero-order valence-electron chi connectivity index (χ0n) is 12.3. The van der Waals surface area contributed by atoms with Gasteiger partial charge in [0, 0.05) is 19.7 Å². The van der Waals surface area contributed by atoms with Crippen molar-refractivity contribution in [2.75, 3.05) is 13.6 Å². The van der Waals surface area contributed by atoms with Gasteiger partial charge in [-0.15, -0.1) is 0 Å². The van der Waals surface area contributed by atoms with E-state index in [1.165, 1.54) is 11.9 Å². The summed E-state index contributed by atoms with van der Waals surface area (Å²) in [6.45, 7) is 5.96. The minimum atomic E-state index is -4.38. The van der Waals surface area contributed by atoms with Crippen molar-refractivity contribution in [3.8, 4) is 0 Å². The van der Waals surface area contributed by atoms with Crippen molar-refractivity contribution in [2.24, 2.45) is 10.6 Å². The molecule has 0 radical (unpaired) electrons. The van der Waals surface area contributed by atoms with Crippen LogP contribution in [0.1, 0.15) is 31.1 Å². The average Bonchev–Trinajstić information content (AvgIpc) is 2.23. The fraction of sp³-hybridized carbons (Fsp3) is 0.462. The maximum absolute atomic E-state index is 13.7. The van der Waals surface area contributed by atoms with E-state index in [4.69, 9.17) is 5.14 Å². The van der Waals surface area contributed by atoms with Crippen LogP contribution in [-0.2, 0) is 10.0 Å². The summed E-state index contributed by atoms with van der Waals surface area (Å²) in [5, 5.41) is 4.84. The first-order valence-corrected chi connectivity index (χ1v) is 7.65. The van der Waals surface area contributed by atoms with Crippen LogP contribution in [0.4, 0.5) is 8.78 Å². The molecule has 1 aromatic carbocycles. The predicted octanol–water partition coefficient (Wildman–Crippen LogP) is 1.73. The molecule has 0 saturated carbocycles. The van der Waals surface area contributed by atoms with Crippen LogP contribution < -0.4 is 5.14 Å². The van der Waals surface area contributed by atoms with E-state index in [0.717, 1.165) is 0 Å². The number of hydrogen-bond acceptors (Lipinski definition) is 3. The lowest BCUT2D eigenvalue weighted by molar-refractivity contribution is 0.0740. The summed E-state index contributed by atoms with van der Waals surface area (Å²) in [4.78, 5) is 12.5. The Morgan fingerprint density at radius 2 is 1.76 bits per heavy atom. The fourth-order valence-corrected chi connectivity index (χ4v) is 2.51. The van der Waals surface area contributed by atoms with Crippen LogP contribution in [0.2, 0.25) is 0 Å². The van der Waals surface area contributed by atoms with Crippen molar-refractivity contribution in [2.45, 2.75) is 25.7 Å². The zero-order chi connectivity index (χ0) is 16.6. The van der Waals surface area contributed by atoms with Crippen LogP contribution in [0.5, 0.6) is 0 Å². The number of primary sulfonamides is 1. The third-order valence-electron chi connectivity index (χ3n) is 2.62. The lowest BCUT2D eigenvalue weighted by Gasteiger charge is -2.26. The summed E-state index contributed by atoms with van der Waals surface area (Å²) in [7, 11) is -2.93. The molecule has 0 aliphatic carbocycles. The van der Waals surface area contributed by atoms with Gasteiger partial charge in [-0.2, -0.15) is 0 Å². The highest BCUT2D eigenvalue weighted by atomic mass is 32.2. The molecule has 0 spiro atoms. The average molecular weight is 320 g/mol. The second-order valence-electron chi connectivity index (χ2n) is 6.03. The van der Waals surface area contributed by atoms with Crippen molar-refractivity contribution >= 4 is 15.9 Å². The molecule has 1 rings (SSSR count). The van der Waals surface area contributed by atoms with Crippen molar-refractivity contribution in [1.29, 1.82) is 0 Å². The molecular weight excluding hydrogens is 302 g/mol. The van der Waals surface area contributed by atoms with Crippen LogP contribution in [0, 0.1) is 17.0 Å². The number of nitrogens with zero attached hydrogens (tertiary/aromatic N) is 1. The number of sulfonamides is 1. The van der Waals surface area contributed by atoms with Gasteiger partial charge < -0.3 is 4.90 Å². The summed E-state index contributed by atoms with van der Waals surface area (Å²) < 4.78 is 49.6. The highest BCUT2D eigenvalue weighted by Crippen LogP contribution is 2.21. The number of halogens is 2. The first-order chi connectivity index (χ1) is 9.33. The van der Waals surface area contributed by atoms with E-state index < -0.39 is 38.0 Å². The van der Waals surface area contributed by atoms with E-state index >= 15 is 0 Å². The molecular formula is C13H18F2N2O3S. The summed E-state index contributed by atoms with van der Waals surface area (Å²) >= 11 is 0. The predicted molar refractivity (Wildman–Crippen MR) is 74.1 cm³/mol. The molecule has 118 valence electrons. The Kier molecular flexibility index (Phi) is 4.74. The molecule has 0 unspecified atom stereocenters. The van der Waals surface area contributed by atoms with Crippen molar-refractivity contribution in [3.63, 3.8) is 0 Å². The van der Waals surface area contributed by atoms with Crippen LogP contribution in [0.15, 0.2) is 17.0 Å². The number of amides is 1. The van der Waals surface area contributed by atoms with Crippen LogP contribution in [0.25, 0.3) is 0 Å². The summed E-state index contributed by atoms with van der Waals surface area (Å²) in [5.74, 6) is -3.21. The third-order valence-corrected chi connectivity index (χ3v) is 3.54. The molecule has 2 N–H and O–H groups in total. The highest BCUT2D eigenvalue weighted by Gasteiger charge is 2.25. The Morgan fingerprint density at radius 1 is 1.24 bits per heavy atom. The van der Waals surface area contributed by atoms with Crippen molar-refractivity contribution < 1.29 is 22.0 Å². The van der Waals surface area contributed by atoms with Gasteiger partial charge in [-0.3, -0.25) is 4.79 Å². The van der Waals surface area contributed by atoms with Gasteiger partial charge in [-0.05, 0) is 11.5 Å². The van der Waals surface area contributed by atoms with E-state index in [1.807, 2.05) is 20.8 Å². The van der Waals surface area contributed by atoms with Gasteiger partial charge in [-0.1, -0.05) is 20.8 Å². The lowest BCUT2D eigenvalue weighted by Crippen LogP contribution is -2.35. The Balaban J connectivity index is 3.28. The maximum Gasteiger partial charge on any atom is 0.256 e. The standard InChI is InChI=1S/C13H18F2N2O3S/c1-13(2,3)7-17(4)12(18)8-5-11(21(16,19)20)10(15)6-9(8)14/h5-6H,7H2,1-4H3,(H2,16,19,20). The quantitative estimate of drug-likeness (QED) is 0.921. The van der Waals surface area contributed by atoms with Gasteiger partial charge in [0.25, 0.3) is 5.91 Å². The molecule has 8 heteroatoms. The first-order valence-electron chi connectivity index (χ1n) is 6.10. The molecule has 0 aromatic heterocycles. The highest BCUT2D eigenvalue weighted by molar-refractivity contribution is 7.89. The van der Waals surface area contributed by atoms with E-state index in [9.17, 15) is 22.0 Å². The van der Waals surface area contributed by atoms with Gasteiger partial charge in [0.05, 0.1) is 5.56 Å². The maximum atomic E-state index is 13.7. The molecule has 0 fully saturated rings. The number of rotatable bonds is 3. The van der Waals surface area contributed by atoms with Crippen molar-refractivity contribution in [3.05, 3.63) is 29.3 Å². The monoisotopic (exact) mass is 320 g/mol. The van der Waals surface area contributed by atoms with Crippen LogP contribution in [0.3, 0.4) is 0 Å². The Labute approximate surface area is 122 Å². The molecule has 0 aliphatic rings. The topological polar surface area (TPSA) is 80.5 Å². The first kappa shape index (κ1) is 17.5. The van der Waals surface area contributed by atoms with Crippen LogP contribution >= 0.6 is 0 Å². The number of hydrogen-bond donors (Lipinski definition) is 1. The van der Waals surface area contributed by atoms with Gasteiger partial charge in [0.15, 0.2) is 0 Å². The Hall–Kier alpha value is -1.54. The largest absolute Gasteiger partial charge is 0.341 e. The molecule has 1 aromatic rings. The molecule has 21 heavy (non-hydrogen) atoms. The summed E-state index contributed by atoms with van der Waals surface area (Å²) in [6, 6.07) is 0.972. The molecule has 0 saturated heterocycles. The Bertz CT molecular complexity index is 667. The number of nitrogens with two attached hydrogens (primary N) is 1. The molecule has 0 atom stereocenters. The van der Waals surface area contributed by atoms with Gasteiger partial charge >= 0.3 is 0 Å². The summed E-state index contributed by atoms with van der Waals surface area (Å²) in [6.07, 6.45) is 0. The van der Waals surface area contributed by atoms with E-state index in [0.29, 0.717) is 18.7 Å². The normalized spacial score (nSPS) is 12.3. The van der Waals surface area contributed by atoms with Gasteiger partial charge in [-0.25, -0.2) is 22.3 Å². The molecule has 1 amide bonds. The van der Waals surface area contributed by atoms with Gasteiger partial charge in [0.2, 0.25) is 10.0 Å². The molecule has 0 heterocycles. The number of carbonyl (C=O) groups excluding carboxylic acids is 1. The molecule has 0 aliphatic heterocycles. The SMILES string of the molecule is CN(CC(C)(C)C)C(=O)c1cc(S(N)(=O)=O)c(F)cc1F. The summed E-state index contributed by atoms with van der Waals surface area (Å²) in [5.41, 5.74) is -0.767.